The highest BCUT2D eigenvalue weighted by atomic mass is 32.2. The fraction of sp³-hybridized carbons (Fsp3) is 0.500. The molecular formula is C10H18N4O2S. The van der Waals surface area contributed by atoms with E-state index in [4.69, 9.17) is 5.73 Å². The lowest BCUT2D eigenvalue weighted by molar-refractivity contribution is 0.414. The molecule has 17 heavy (non-hydrogen) atoms. The summed E-state index contributed by atoms with van der Waals surface area (Å²) >= 11 is 0. The lowest BCUT2D eigenvalue weighted by Gasteiger charge is -2.21. The van der Waals surface area contributed by atoms with Gasteiger partial charge >= 0.3 is 10.2 Å². The summed E-state index contributed by atoms with van der Waals surface area (Å²) in [6.45, 7) is 5.33. The maximum absolute atomic E-state index is 11.9. The van der Waals surface area contributed by atoms with Gasteiger partial charge < -0.3 is 5.73 Å². The average molecular weight is 258 g/mol. The van der Waals surface area contributed by atoms with Gasteiger partial charge in [-0.25, -0.2) is 4.98 Å². The molecule has 0 fully saturated rings. The molecule has 1 heterocycles. The predicted molar refractivity (Wildman–Crippen MR) is 68.8 cm³/mol. The van der Waals surface area contributed by atoms with Gasteiger partial charge in [0.1, 0.15) is 5.82 Å². The van der Waals surface area contributed by atoms with Gasteiger partial charge in [-0.2, -0.15) is 12.7 Å². The van der Waals surface area contributed by atoms with E-state index in [9.17, 15) is 8.42 Å². The molecule has 0 aromatic carbocycles. The van der Waals surface area contributed by atoms with Gasteiger partial charge in [0.05, 0.1) is 11.9 Å². The molecule has 0 saturated heterocycles. The number of hydrogen-bond donors (Lipinski definition) is 2. The Bertz CT molecular complexity index is 499. The van der Waals surface area contributed by atoms with Crippen molar-refractivity contribution in [2.75, 3.05) is 17.5 Å². The molecule has 1 aromatic rings. The highest BCUT2D eigenvalue weighted by molar-refractivity contribution is 7.90. The quantitative estimate of drug-likeness (QED) is 0.842. The standard InChI is InChI=1S/C10H18N4O2S/c1-7(2)14(4)17(15,16)13-10-8(3)5-9(11)6-12-10/h5-7H,11H2,1-4H3,(H,12,13). The zero-order chi connectivity index (χ0) is 13.2. The van der Waals surface area contributed by atoms with Crippen molar-refractivity contribution in [1.29, 1.82) is 0 Å². The topological polar surface area (TPSA) is 88.3 Å². The third kappa shape index (κ3) is 3.31. The molecule has 0 saturated carbocycles. The van der Waals surface area contributed by atoms with Crippen LogP contribution in [0.2, 0.25) is 0 Å². The average Bonchev–Trinajstić information content (AvgIpc) is 2.21. The molecule has 7 heteroatoms. The van der Waals surface area contributed by atoms with Gasteiger partial charge in [0.2, 0.25) is 0 Å². The molecule has 0 aliphatic carbocycles. The Balaban J connectivity index is 2.98. The van der Waals surface area contributed by atoms with Gasteiger partial charge in [0, 0.05) is 13.1 Å². The number of nitrogens with two attached hydrogens (primary N) is 1. The molecule has 6 nitrogen and oxygen atoms in total. The molecule has 0 bridgehead atoms. The maximum atomic E-state index is 11.9. The van der Waals surface area contributed by atoms with Crippen LogP contribution in [0.4, 0.5) is 11.5 Å². The Hall–Kier alpha value is -1.34. The minimum absolute atomic E-state index is 0.124. The Morgan fingerprint density at radius 2 is 2.06 bits per heavy atom. The summed E-state index contributed by atoms with van der Waals surface area (Å²) < 4.78 is 27.5. The van der Waals surface area contributed by atoms with Crippen molar-refractivity contribution in [3.8, 4) is 0 Å². The van der Waals surface area contributed by atoms with E-state index in [2.05, 4.69) is 9.71 Å². The van der Waals surface area contributed by atoms with Crippen LogP contribution in [0.25, 0.3) is 0 Å². The van der Waals surface area contributed by atoms with Crippen molar-refractivity contribution in [1.82, 2.24) is 9.29 Å². The van der Waals surface area contributed by atoms with E-state index >= 15 is 0 Å². The number of rotatable bonds is 4. The van der Waals surface area contributed by atoms with Crippen molar-refractivity contribution in [2.24, 2.45) is 0 Å². The molecule has 1 rings (SSSR count). The summed E-state index contributed by atoms with van der Waals surface area (Å²) in [7, 11) is -2.05. The first kappa shape index (κ1) is 13.7. The first-order valence-corrected chi connectivity index (χ1v) is 6.66. The predicted octanol–water partition coefficient (Wildman–Crippen LogP) is 0.969. The molecule has 0 radical (unpaired) electrons. The lowest BCUT2D eigenvalue weighted by Crippen LogP contribution is -2.37. The molecule has 0 aliphatic rings. The highest BCUT2D eigenvalue weighted by Gasteiger charge is 2.21. The molecular weight excluding hydrogens is 240 g/mol. The number of hydrogen-bond acceptors (Lipinski definition) is 4. The van der Waals surface area contributed by atoms with Crippen LogP contribution < -0.4 is 10.5 Å². The monoisotopic (exact) mass is 258 g/mol. The SMILES string of the molecule is Cc1cc(N)cnc1NS(=O)(=O)N(C)C(C)C. The van der Waals surface area contributed by atoms with E-state index in [-0.39, 0.29) is 6.04 Å². The molecule has 1 aromatic heterocycles. The first-order chi connectivity index (χ1) is 7.74. The molecule has 0 spiro atoms. The number of pyridine rings is 1. The number of nitrogen functional groups attached to an aromatic ring is 1. The first-order valence-electron chi connectivity index (χ1n) is 5.22. The minimum atomic E-state index is -3.57. The van der Waals surface area contributed by atoms with Crippen LogP contribution in [0.15, 0.2) is 12.3 Å². The van der Waals surface area contributed by atoms with Crippen LogP contribution in [-0.2, 0) is 10.2 Å². The minimum Gasteiger partial charge on any atom is -0.397 e. The fourth-order valence-corrected chi connectivity index (χ4v) is 2.33. The largest absolute Gasteiger partial charge is 0.397 e. The van der Waals surface area contributed by atoms with E-state index in [1.165, 1.54) is 17.5 Å². The molecule has 0 atom stereocenters. The van der Waals surface area contributed by atoms with Crippen LogP contribution in [-0.4, -0.2) is 30.8 Å². The van der Waals surface area contributed by atoms with Crippen molar-refractivity contribution in [3.05, 3.63) is 17.8 Å². The van der Waals surface area contributed by atoms with Gasteiger partial charge in [-0.15, -0.1) is 0 Å². The second kappa shape index (κ2) is 4.89. The van der Waals surface area contributed by atoms with Crippen molar-refractivity contribution in [2.45, 2.75) is 26.8 Å². The van der Waals surface area contributed by atoms with Gasteiger partial charge in [-0.3, -0.25) is 4.72 Å². The van der Waals surface area contributed by atoms with E-state index in [0.717, 1.165) is 0 Å². The van der Waals surface area contributed by atoms with Crippen LogP contribution in [0.5, 0.6) is 0 Å². The second-order valence-corrected chi connectivity index (χ2v) is 5.88. The van der Waals surface area contributed by atoms with E-state index in [1.54, 1.807) is 26.8 Å². The van der Waals surface area contributed by atoms with Crippen molar-refractivity contribution >= 4 is 21.7 Å². The smallest absolute Gasteiger partial charge is 0.302 e. The van der Waals surface area contributed by atoms with Crippen molar-refractivity contribution < 1.29 is 8.42 Å². The Morgan fingerprint density at radius 1 is 1.47 bits per heavy atom. The summed E-state index contributed by atoms with van der Waals surface area (Å²) in [4.78, 5) is 3.96. The van der Waals surface area contributed by atoms with Crippen LogP contribution in [0, 0.1) is 6.92 Å². The van der Waals surface area contributed by atoms with Crippen LogP contribution in [0.1, 0.15) is 19.4 Å². The summed E-state index contributed by atoms with van der Waals surface area (Å²) in [6, 6.07) is 1.54. The van der Waals surface area contributed by atoms with Crippen LogP contribution in [0.3, 0.4) is 0 Å². The molecule has 3 N–H and O–H groups in total. The summed E-state index contributed by atoms with van der Waals surface area (Å²) in [5.74, 6) is 0.298. The molecule has 0 amide bonds. The van der Waals surface area contributed by atoms with E-state index in [0.29, 0.717) is 17.1 Å². The van der Waals surface area contributed by atoms with Gasteiger partial charge in [-0.05, 0) is 32.4 Å². The number of anilines is 2. The molecule has 0 unspecified atom stereocenters. The van der Waals surface area contributed by atoms with Gasteiger partial charge in [-0.1, -0.05) is 0 Å². The van der Waals surface area contributed by atoms with Gasteiger partial charge in [0.15, 0.2) is 0 Å². The zero-order valence-corrected chi connectivity index (χ0v) is 11.2. The summed E-state index contributed by atoms with van der Waals surface area (Å²) in [5.41, 5.74) is 6.74. The summed E-state index contributed by atoms with van der Waals surface area (Å²) in [6.07, 6.45) is 1.42. The Morgan fingerprint density at radius 3 is 2.53 bits per heavy atom. The fourth-order valence-electron chi connectivity index (χ4n) is 1.18. The second-order valence-electron chi connectivity index (χ2n) is 4.15. The Labute approximate surface area is 102 Å². The number of nitrogens with zero attached hydrogens (tertiary/aromatic N) is 2. The summed E-state index contributed by atoms with van der Waals surface area (Å²) in [5, 5.41) is 0. The lowest BCUT2D eigenvalue weighted by atomic mass is 10.3. The third-order valence-electron chi connectivity index (χ3n) is 2.43. The zero-order valence-electron chi connectivity index (χ0n) is 10.4. The highest BCUT2D eigenvalue weighted by Crippen LogP contribution is 2.16. The number of nitrogens with one attached hydrogen (secondary N) is 1. The molecule has 96 valence electrons. The van der Waals surface area contributed by atoms with Crippen LogP contribution >= 0.6 is 0 Å². The normalized spacial score (nSPS) is 12.1. The van der Waals surface area contributed by atoms with Crippen molar-refractivity contribution in [3.63, 3.8) is 0 Å². The third-order valence-corrected chi connectivity index (χ3v) is 4.06. The number of aryl methyl sites for hydroxylation is 1. The van der Waals surface area contributed by atoms with E-state index in [1.807, 2.05) is 0 Å². The maximum Gasteiger partial charge on any atom is 0.302 e. The molecule has 0 aliphatic heterocycles. The number of aromatic nitrogens is 1. The Kier molecular flexibility index (Phi) is 3.94. The van der Waals surface area contributed by atoms with Gasteiger partial charge in [0.25, 0.3) is 0 Å². The van der Waals surface area contributed by atoms with E-state index < -0.39 is 10.2 Å².